The molecule has 6 heteroatoms. The van der Waals surface area contributed by atoms with Crippen molar-refractivity contribution in [3.8, 4) is 11.5 Å². The average Bonchev–Trinajstić information content (AvgIpc) is 3.37. The molecule has 0 aromatic heterocycles. The van der Waals surface area contributed by atoms with Gasteiger partial charge in [0, 0.05) is 19.2 Å². The summed E-state index contributed by atoms with van der Waals surface area (Å²) in [7, 11) is 3.11. The van der Waals surface area contributed by atoms with Crippen molar-refractivity contribution in [1.82, 2.24) is 4.90 Å². The van der Waals surface area contributed by atoms with E-state index in [1.807, 2.05) is 13.8 Å². The standard InChI is InChI=1S/C17H24N2O4/c1-5-19(6-2)17(21)13-10-12(13)16(20)18-14-8-7-11(22-3)9-15(14)23-4/h7-9,12-13H,5-6,10H2,1-4H3,(H,18,20). The Kier molecular flexibility index (Phi) is 5.47. The van der Waals surface area contributed by atoms with Crippen molar-refractivity contribution in [1.29, 1.82) is 0 Å². The summed E-state index contributed by atoms with van der Waals surface area (Å²) in [4.78, 5) is 26.4. The lowest BCUT2D eigenvalue weighted by atomic mass is 10.2. The fourth-order valence-electron chi connectivity index (χ4n) is 2.65. The highest BCUT2D eigenvalue weighted by atomic mass is 16.5. The molecule has 1 saturated carbocycles. The molecule has 6 nitrogen and oxygen atoms in total. The molecule has 0 heterocycles. The maximum absolute atomic E-state index is 12.3. The van der Waals surface area contributed by atoms with E-state index in [9.17, 15) is 9.59 Å². The minimum Gasteiger partial charge on any atom is -0.497 e. The highest BCUT2D eigenvalue weighted by Gasteiger charge is 2.49. The normalized spacial score (nSPS) is 19.0. The summed E-state index contributed by atoms with van der Waals surface area (Å²) >= 11 is 0. The molecule has 1 fully saturated rings. The van der Waals surface area contributed by atoms with Gasteiger partial charge in [-0.15, -0.1) is 0 Å². The molecule has 1 aromatic rings. The highest BCUT2D eigenvalue weighted by Crippen LogP contribution is 2.41. The second-order valence-electron chi connectivity index (χ2n) is 5.51. The molecule has 126 valence electrons. The number of rotatable bonds is 7. The largest absolute Gasteiger partial charge is 0.497 e. The van der Waals surface area contributed by atoms with Crippen LogP contribution in [0, 0.1) is 11.8 Å². The van der Waals surface area contributed by atoms with Gasteiger partial charge in [-0.25, -0.2) is 0 Å². The van der Waals surface area contributed by atoms with Crippen LogP contribution in [-0.2, 0) is 9.59 Å². The van der Waals surface area contributed by atoms with Crippen LogP contribution in [0.1, 0.15) is 20.3 Å². The number of methoxy groups -OCH3 is 2. The average molecular weight is 320 g/mol. The lowest BCUT2D eigenvalue weighted by Crippen LogP contribution is -2.33. The fourth-order valence-corrected chi connectivity index (χ4v) is 2.65. The predicted molar refractivity (Wildman–Crippen MR) is 87.7 cm³/mol. The first-order chi connectivity index (χ1) is 11.0. The third-order valence-electron chi connectivity index (χ3n) is 4.19. The van der Waals surface area contributed by atoms with Gasteiger partial charge in [0.1, 0.15) is 11.5 Å². The minimum absolute atomic E-state index is 0.0665. The lowest BCUT2D eigenvalue weighted by molar-refractivity contribution is -0.133. The fraction of sp³-hybridized carbons (Fsp3) is 0.529. The molecule has 0 radical (unpaired) electrons. The van der Waals surface area contributed by atoms with E-state index in [0.29, 0.717) is 36.7 Å². The number of nitrogens with zero attached hydrogens (tertiary/aromatic N) is 1. The van der Waals surface area contributed by atoms with Gasteiger partial charge in [-0.1, -0.05) is 0 Å². The quantitative estimate of drug-likeness (QED) is 0.836. The number of carbonyl (C=O) groups excluding carboxylic acids is 2. The van der Waals surface area contributed by atoms with Crippen molar-refractivity contribution in [2.45, 2.75) is 20.3 Å². The molecule has 23 heavy (non-hydrogen) atoms. The summed E-state index contributed by atoms with van der Waals surface area (Å²) in [5.74, 6) is 0.663. The second-order valence-corrected chi connectivity index (χ2v) is 5.51. The second kappa shape index (κ2) is 7.35. The summed E-state index contributed by atoms with van der Waals surface area (Å²) in [5.41, 5.74) is 0.583. The molecule has 1 aliphatic rings. The first kappa shape index (κ1) is 17.1. The van der Waals surface area contributed by atoms with E-state index in [1.54, 1.807) is 30.2 Å². The maximum Gasteiger partial charge on any atom is 0.228 e. The molecule has 1 aromatic carbocycles. The van der Waals surface area contributed by atoms with Crippen LogP contribution < -0.4 is 14.8 Å². The van der Waals surface area contributed by atoms with Crippen LogP contribution in [-0.4, -0.2) is 44.0 Å². The van der Waals surface area contributed by atoms with Crippen LogP contribution in [0.3, 0.4) is 0 Å². The number of carbonyl (C=O) groups is 2. The van der Waals surface area contributed by atoms with Crippen molar-refractivity contribution in [2.24, 2.45) is 11.8 Å². The highest BCUT2D eigenvalue weighted by molar-refractivity contribution is 6.00. The molecule has 1 N–H and O–H groups in total. The predicted octanol–water partition coefficient (Wildman–Crippen LogP) is 2.15. The van der Waals surface area contributed by atoms with E-state index in [0.717, 1.165) is 0 Å². The van der Waals surface area contributed by atoms with Crippen LogP contribution in [0.25, 0.3) is 0 Å². The van der Waals surface area contributed by atoms with E-state index in [4.69, 9.17) is 9.47 Å². The first-order valence-electron chi connectivity index (χ1n) is 7.87. The molecular formula is C17H24N2O4. The van der Waals surface area contributed by atoms with Gasteiger partial charge in [0.15, 0.2) is 0 Å². The van der Waals surface area contributed by atoms with Crippen molar-refractivity contribution < 1.29 is 19.1 Å². The number of anilines is 1. The molecule has 2 rings (SSSR count). The summed E-state index contributed by atoms with van der Waals surface area (Å²) in [6.07, 6.45) is 0.611. The van der Waals surface area contributed by atoms with Gasteiger partial charge in [-0.05, 0) is 32.4 Å². The third-order valence-corrected chi connectivity index (χ3v) is 4.19. The lowest BCUT2D eigenvalue weighted by Gasteiger charge is -2.18. The topological polar surface area (TPSA) is 67.9 Å². The molecule has 2 unspecified atom stereocenters. The van der Waals surface area contributed by atoms with Crippen LogP contribution in [0.4, 0.5) is 5.69 Å². The van der Waals surface area contributed by atoms with Gasteiger partial charge in [0.2, 0.25) is 11.8 Å². The summed E-state index contributed by atoms with van der Waals surface area (Å²) in [6.45, 7) is 5.24. The van der Waals surface area contributed by atoms with Crippen LogP contribution in [0.5, 0.6) is 11.5 Å². The Bertz CT molecular complexity index is 584. The first-order valence-corrected chi connectivity index (χ1v) is 7.87. The summed E-state index contributed by atoms with van der Waals surface area (Å²) in [6, 6.07) is 5.20. The van der Waals surface area contributed by atoms with Gasteiger partial charge in [-0.3, -0.25) is 9.59 Å². The number of hydrogen-bond donors (Lipinski definition) is 1. The Morgan fingerprint density at radius 1 is 1.17 bits per heavy atom. The molecule has 0 bridgehead atoms. The van der Waals surface area contributed by atoms with Crippen molar-refractivity contribution in [3.63, 3.8) is 0 Å². The number of amides is 2. The minimum atomic E-state index is -0.255. The summed E-state index contributed by atoms with van der Waals surface area (Å²) in [5, 5.41) is 2.84. The van der Waals surface area contributed by atoms with Crippen molar-refractivity contribution in [2.75, 3.05) is 32.6 Å². The van der Waals surface area contributed by atoms with Gasteiger partial charge >= 0.3 is 0 Å². The van der Waals surface area contributed by atoms with Crippen molar-refractivity contribution >= 4 is 17.5 Å². The maximum atomic E-state index is 12.3. The van der Waals surface area contributed by atoms with E-state index in [2.05, 4.69) is 5.32 Å². The smallest absolute Gasteiger partial charge is 0.228 e. The Morgan fingerprint density at radius 3 is 2.43 bits per heavy atom. The molecule has 0 spiro atoms. The van der Waals surface area contributed by atoms with E-state index < -0.39 is 0 Å². The third kappa shape index (κ3) is 3.75. The number of nitrogens with one attached hydrogen (secondary N) is 1. The van der Waals surface area contributed by atoms with Crippen molar-refractivity contribution in [3.05, 3.63) is 18.2 Å². The number of hydrogen-bond acceptors (Lipinski definition) is 4. The Morgan fingerprint density at radius 2 is 1.87 bits per heavy atom. The van der Waals surface area contributed by atoms with Gasteiger partial charge in [0.25, 0.3) is 0 Å². The molecule has 0 saturated heterocycles. The monoisotopic (exact) mass is 320 g/mol. The zero-order valence-electron chi connectivity index (χ0n) is 14.1. The van der Waals surface area contributed by atoms with Gasteiger partial charge < -0.3 is 19.7 Å². The zero-order chi connectivity index (χ0) is 17.0. The molecule has 2 amide bonds. The number of ether oxygens (including phenoxy) is 2. The van der Waals surface area contributed by atoms with Gasteiger partial charge in [0.05, 0.1) is 31.7 Å². The summed E-state index contributed by atoms with van der Waals surface area (Å²) < 4.78 is 10.4. The van der Waals surface area contributed by atoms with E-state index in [-0.39, 0.29) is 23.7 Å². The zero-order valence-corrected chi connectivity index (χ0v) is 14.1. The molecule has 1 aliphatic carbocycles. The van der Waals surface area contributed by atoms with E-state index >= 15 is 0 Å². The SMILES string of the molecule is CCN(CC)C(=O)C1CC1C(=O)Nc1ccc(OC)cc1OC. The molecule has 0 aliphatic heterocycles. The number of benzene rings is 1. The Labute approximate surface area is 136 Å². The molecular weight excluding hydrogens is 296 g/mol. The van der Waals surface area contributed by atoms with E-state index in [1.165, 1.54) is 7.11 Å². The Balaban J connectivity index is 2.00. The Hall–Kier alpha value is -2.24. The van der Waals surface area contributed by atoms with Gasteiger partial charge in [-0.2, -0.15) is 0 Å². The molecule has 2 atom stereocenters. The van der Waals surface area contributed by atoms with Crippen LogP contribution in [0.15, 0.2) is 18.2 Å². The van der Waals surface area contributed by atoms with Crippen LogP contribution in [0.2, 0.25) is 0 Å². The van der Waals surface area contributed by atoms with Crippen LogP contribution >= 0.6 is 0 Å².